The smallest absolute Gasteiger partial charge is 0.294 e. The van der Waals surface area contributed by atoms with Gasteiger partial charge in [0.25, 0.3) is 5.19 Å². The summed E-state index contributed by atoms with van der Waals surface area (Å²) >= 11 is 1.56. The Hall–Kier alpha value is -0.680. The van der Waals surface area contributed by atoms with E-state index in [0.29, 0.717) is 12.0 Å². The summed E-state index contributed by atoms with van der Waals surface area (Å²) in [6, 6.07) is 0. The van der Waals surface area contributed by atoms with Crippen molar-refractivity contribution in [2.75, 3.05) is 6.54 Å². The highest BCUT2D eigenvalue weighted by Crippen LogP contribution is 2.26. The van der Waals surface area contributed by atoms with Crippen molar-refractivity contribution < 1.29 is 4.74 Å². The van der Waals surface area contributed by atoms with E-state index in [-0.39, 0.29) is 0 Å². The molecule has 1 aliphatic carbocycles. The van der Waals surface area contributed by atoms with E-state index in [1.807, 2.05) is 0 Å². The zero-order valence-corrected chi connectivity index (χ0v) is 11.4. The van der Waals surface area contributed by atoms with Gasteiger partial charge in [0.05, 0.1) is 0 Å². The Kier molecular flexibility index (Phi) is 4.74. The van der Waals surface area contributed by atoms with Crippen molar-refractivity contribution in [3.8, 4) is 5.19 Å². The third-order valence-electron chi connectivity index (χ3n) is 2.85. The summed E-state index contributed by atoms with van der Waals surface area (Å²) in [7, 11) is 0. The molecule has 0 aliphatic heterocycles. The van der Waals surface area contributed by atoms with Gasteiger partial charge < -0.3 is 10.1 Å². The first-order valence-electron chi connectivity index (χ1n) is 6.44. The largest absolute Gasteiger partial charge is 0.466 e. The Morgan fingerprint density at radius 2 is 2.12 bits per heavy atom. The van der Waals surface area contributed by atoms with Crippen LogP contribution < -0.4 is 10.1 Å². The van der Waals surface area contributed by atoms with Crippen molar-refractivity contribution in [3.05, 3.63) is 5.01 Å². The number of aromatic nitrogens is 2. The highest BCUT2D eigenvalue weighted by molar-refractivity contribution is 7.13. The molecule has 1 saturated carbocycles. The highest BCUT2D eigenvalue weighted by Gasteiger charge is 2.18. The van der Waals surface area contributed by atoms with Gasteiger partial charge in [-0.1, -0.05) is 30.3 Å². The van der Waals surface area contributed by atoms with Crippen molar-refractivity contribution in [2.45, 2.75) is 52.2 Å². The van der Waals surface area contributed by atoms with E-state index in [4.69, 9.17) is 4.74 Å². The molecule has 0 atom stereocenters. The minimum absolute atomic E-state index is 0.374. The topological polar surface area (TPSA) is 47.0 Å². The summed E-state index contributed by atoms with van der Waals surface area (Å²) in [6.45, 7) is 6.20. The molecule has 0 bridgehead atoms. The number of hydrogen-bond acceptors (Lipinski definition) is 5. The average Bonchev–Trinajstić information content (AvgIpc) is 2.90. The number of nitrogens with zero attached hydrogens (tertiary/aromatic N) is 2. The van der Waals surface area contributed by atoms with Crippen molar-refractivity contribution in [3.63, 3.8) is 0 Å². The van der Waals surface area contributed by atoms with Gasteiger partial charge in [-0.2, -0.15) is 0 Å². The molecular formula is C12H21N3OS. The molecule has 1 aromatic heterocycles. The van der Waals surface area contributed by atoms with Gasteiger partial charge in [0.2, 0.25) is 0 Å². The SMILES string of the molecule is CC(C)CNCc1nnc(OC2CCCC2)s1. The number of ether oxygens (including phenoxy) is 1. The first kappa shape index (κ1) is 12.8. The van der Waals surface area contributed by atoms with Crippen LogP contribution in [0.1, 0.15) is 44.5 Å². The van der Waals surface area contributed by atoms with Gasteiger partial charge in [0, 0.05) is 6.54 Å². The first-order valence-corrected chi connectivity index (χ1v) is 7.25. The lowest BCUT2D eigenvalue weighted by molar-refractivity contribution is 0.207. The third-order valence-corrected chi connectivity index (χ3v) is 3.66. The standard InChI is InChI=1S/C12H21N3OS/c1-9(2)7-13-8-11-14-15-12(17-11)16-10-5-3-4-6-10/h9-10,13H,3-8H2,1-2H3. The molecule has 17 heavy (non-hydrogen) atoms. The molecule has 0 amide bonds. The summed E-state index contributed by atoms with van der Waals surface area (Å²) < 4.78 is 5.80. The lowest BCUT2D eigenvalue weighted by Gasteiger charge is -2.08. The van der Waals surface area contributed by atoms with Crippen LogP contribution in [0.25, 0.3) is 0 Å². The van der Waals surface area contributed by atoms with E-state index in [1.54, 1.807) is 11.3 Å². The summed E-state index contributed by atoms with van der Waals surface area (Å²) in [4.78, 5) is 0. The number of nitrogens with one attached hydrogen (secondary N) is 1. The summed E-state index contributed by atoms with van der Waals surface area (Å²) in [5, 5.41) is 13.3. The Bertz CT molecular complexity index is 334. The van der Waals surface area contributed by atoms with Gasteiger partial charge in [-0.15, -0.1) is 5.10 Å². The van der Waals surface area contributed by atoms with Crippen LogP contribution in [0.15, 0.2) is 0 Å². The fraction of sp³-hybridized carbons (Fsp3) is 0.833. The second kappa shape index (κ2) is 6.31. The van der Waals surface area contributed by atoms with E-state index in [1.165, 1.54) is 25.7 Å². The minimum Gasteiger partial charge on any atom is -0.466 e. The van der Waals surface area contributed by atoms with Gasteiger partial charge in [0.1, 0.15) is 11.1 Å². The van der Waals surface area contributed by atoms with Crippen LogP contribution in [-0.2, 0) is 6.54 Å². The van der Waals surface area contributed by atoms with E-state index in [9.17, 15) is 0 Å². The molecule has 1 N–H and O–H groups in total. The second-order valence-electron chi connectivity index (χ2n) is 5.01. The van der Waals surface area contributed by atoms with Crippen LogP contribution in [0.4, 0.5) is 0 Å². The number of hydrogen-bond donors (Lipinski definition) is 1. The first-order chi connectivity index (χ1) is 8.24. The molecule has 0 spiro atoms. The zero-order valence-electron chi connectivity index (χ0n) is 10.6. The van der Waals surface area contributed by atoms with E-state index in [0.717, 1.165) is 23.3 Å². The molecule has 1 aromatic rings. The van der Waals surface area contributed by atoms with Crippen LogP contribution in [-0.4, -0.2) is 22.8 Å². The lowest BCUT2D eigenvalue weighted by Crippen LogP contribution is -2.18. The zero-order chi connectivity index (χ0) is 12.1. The van der Waals surface area contributed by atoms with Gasteiger partial charge in [-0.25, -0.2) is 0 Å². The van der Waals surface area contributed by atoms with Gasteiger partial charge in [-0.3, -0.25) is 0 Å². The van der Waals surface area contributed by atoms with Crippen molar-refractivity contribution in [1.82, 2.24) is 15.5 Å². The van der Waals surface area contributed by atoms with Crippen LogP contribution in [0.5, 0.6) is 5.19 Å². The summed E-state index contributed by atoms with van der Waals surface area (Å²) in [6.07, 6.45) is 5.28. The van der Waals surface area contributed by atoms with Crippen LogP contribution >= 0.6 is 11.3 Å². The Labute approximate surface area is 107 Å². The molecule has 5 heteroatoms. The van der Waals surface area contributed by atoms with Gasteiger partial charge >= 0.3 is 0 Å². The van der Waals surface area contributed by atoms with Gasteiger partial charge in [0.15, 0.2) is 0 Å². The van der Waals surface area contributed by atoms with E-state index < -0.39 is 0 Å². The molecule has 0 radical (unpaired) electrons. The Morgan fingerprint density at radius 1 is 1.35 bits per heavy atom. The molecule has 1 heterocycles. The van der Waals surface area contributed by atoms with Crippen molar-refractivity contribution >= 4 is 11.3 Å². The Morgan fingerprint density at radius 3 is 2.82 bits per heavy atom. The molecule has 2 rings (SSSR count). The predicted molar refractivity (Wildman–Crippen MR) is 69.3 cm³/mol. The summed E-state index contributed by atoms with van der Waals surface area (Å²) in [5.41, 5.74) is 0. The van der Waals surface area contributed by atoms with Crippen molar-refractivity contribution in [2.24, 2.45) is 5.92 Å². The maximum Gasteiger partial charge on any atom is 0.294 e. The molecule has 0 unspecified atom stereocenters. The molecule has 0 saturated heterocycles. The molecule has 4 nitrogen and oxygen atoms in total. The van der Waals surface area contributed by atoms with E-state index >= 15 is 0 Å². The molecular weight excluding hydrogens is 234 g/mol. The van der Waals surface area contributed by atoms with Crippen molar-refractivity contribution in [1.29, 1.82) is 0 Å². The molecule has 96 valence electrons. The molecule has 1 aliphatic rings. The minimum atomic E-state index is 0.374. The van der Waals surface area contributed by atoms with Gasteiger partial charge in [-0.05, 0) is 38.1 Å². The number of rotatable bonds is 6. The monoisotopic (exact) mass is 255 g/mol. The highest BCUT2D eigenvalue weighted by atomic mass is 32.1. The summed E-state index contributed by atoms with van der Waals surface area (Å²) in [5.74, 6) is 0.664. The Balaban J connectivity index is 1.75. The van der Waals surface area contributed by atoms with Crippen LogP contribution in [0.3, 0.4) is 0 Å². The molecule has 0 aromatic carbocycles. The quantitative estimate of drug-likeness (QED) is 0.849. The maximum absolute atomic E-state index is 5.80. The fourth-order valence-corrected chi connectivity index (χ4v) is 2.70. The normalized spacial score (nSPS) is 16.9. The maximum atomic E-state index is 5.80. The third kappa shape index (κ3) is 4.24. The fourth-order valence-electron chi connectivity index (χ4n) is 1.97. The van der Waals surface area contributed by atoms with Crippen LogP contribution in [0.2, 0.25) is 0 Å². The molecule has 1 fully saturated rings. The lowest BCUT2D eigenvalue weighted by atomic mass is 10.2. The second-order valence-corrected chi connectivity index (χ2v) is 6.04. The van der Waals surface area contributed by atoms with Crippen LogP contribution in [0, 0.1) is 5.92 Å². The predicted octanol–water partition coefficient (Wildman–Crippen LogP) is 2.61. The average molecular weight is 255 g/mol. The van der Waals surface area contributed by atoms with E-state index in [2.05, 4.69) is 29.4 Å².